The predicted octanol–water partition coefficient (Wildman–Crippen LogP) is 2.29. The quantitative estimate of drug-likeness (QED) is 0.834. The molecule has 0 radical (unpaired) electrons. The number of rotatable bonds is 2. The normalized spacial score (nSPS) is 20.5. The van der Waals surface area contributed by atoms with Gasteiger partial charge in [-0.15, -0.1) is 5.10 Å². The Labute approximate surface area is 133 Å². The number of hydrogen-bond acceptors (Lipinski definition) is 5. The zero-order valence-electron chi connectivity index (χ0n) is 13.5. The van der Waals surface area contributed by atoms with Crippen LogP contribution in [-0.4, -0.2) is 49.3 Å². The number of likely N-dealkylation sites (tertiary alicyclic amines) is 1. The smallest absolute Gasteiger partial charge is 0.410 e. The van der Waals surface area contributed by atoms with E-state index in [2.05, 4.69) is 10.2 Å². The van der Waals surface area contributed by atoms with Crippen molar-refractivity contribution in [3.63, 3.8) is 0 Å². The molecule has 0 spiro atoms. The lowest BCUT2D eigenvalue weighted by Crippen LogP contribution is -2.45. The van der Waals surface area contributed by atoms with Crippen molar-refractivity contribution in [2.75, 3.05) is 13.1 Å². The highest BCUT2D eigenvalue weighted by Crippen LogP contribution is 2.21. The molecule has 2 atom stereocenters. The lowest BCUT2D eigenvalue weighted by Gasteiger charge is -2.33. The van der Waals surface area contributed by atoms with E-state index in [4.69, 9.17) is 4.74 Å². The van der Waals surface area contributed by atoms with E-state index in [-0.39, 0.29) is 11.3 Å². The van der Waals surface area contributed by atoms with Crippen LogP contribution in [0.5, 0.6) is 0 Å². The summed E-state index contributed by atoms with van der Waals surface area (Å²) in [5.74, 6) is 0. The van der Waals surface area contributed by atoms with E-state index >= 15 is 0 Å². The maximum Gasteiger partial charge on any atom is 0.410 e. The molecule has 1 saturated heterocycles. The Balaban J connectivity index is 2.02. The topological polar surface area (TPSA) is 72.4 Å². The number of nitrogens with zero attached hydrogens (tertiary/aromatic N) is 3. The van der Waals surface area contributed by atoms with E-state index in [9.17, 15) is 9.00 Å². The second-order valence-corrected chi connectivity index (χ2v) is 8.18. The SMILES string of the molecule is Cc1ccc([S@](=O)[C@@H]2CCCN(C(=O)OC(C)(C)C)C2)nn1. The summed E-state index contributed by atoms with van der Waals surface area (Å²) in [5, 5.41) is 8.29. The molecule has 1 aliphatic heterocycles. The molecular weight excluding hydrogens is 302 g/mol. The molecule has 2 heterocycles. The molecule has 6 nitrogen and oxygen atoms in total. The minimum absolute atomic E-state index is 0.127. The molecule has 1 amide bonds. The van der Waals surface area contributed by atoms with Gasteiger partial charge in [0.05, 0.1) is 21.7 Å². The third-order valence-corrected chi connectivity index (χ3v) is 4.93. The minimum Gasteiger partial charge on any atom is -0.444 e. The highest BCUT2D eigenvalue weighted by Gasteiger charge is 2.31. The summed E-state index contributed by atoms with van der Waals surface area (Å²) in [7, 11) is -1.26. The first kappa shape index (κ1) is 16.9. The van der Waals surface area contributed by atoms with Gasteiger partial charge in [-0.2, -0.15) is 5.10 Å². The van der Waals surface area contributed by atoms with E-state index < -0.39 is 16.4 Å². The van der Waals surface area contributed by atoms with Gasteiger partial charge in [0.2, 0.25) is 0 Å². The van der Waals surface area contributed by atoms with Gasteiger partial charge in [-0.3, -0.25) is 4.21 Å². The number of ether oxygens (including phenoxy) is 1. The summed E-state index contributed by atoms with van der Waals surface area (Å²) in [4.78, 5) is 13.8. The van der Waals surface area contributed by atoms with Crippen molar-refractivity contribution in [3.8, 4) is 0 Å². The Morgan fingerprint density at radius 3 is 2.68 bits per heavy atom. The molecule has 22 heavy (non-hydrogen) atoms. The molecule has 0 saturated carbocycles. The molecule has 1 aromatic heterocycles. The average Bonchev–Trinajstić information content (AvgIpc) is 2.46. The van der Waals surface area contributed by atoms with Crippen LogP contribution in [-0.2, 0) is 15.5 Å². The predicted molar refractivity (Wildman–Crippen MR) is 84.0 cm³/mol. The Hall–Kier alpha value is -1.50. The van der Waals surface area contributed by atoms with E-state index in [0.29, 0.717) is 18.1 Å². The third kappa shape index (κ3) is 4.50. The van der Waals surface area contributed by atoms with Crippen molar-refractivity contribution in [2.24, 2.45) is 0 Å². The van der Waals surface area contributed by atoms with Crippen LogP contribution in [0.1, 0.15) is 39.3 Å². The molecule has 1 aromatic rings. The summed E-state index contributed by atoms with van der Waals surface area (Å²) in [5.41, 5.74) is 0.269. The standard InChI is InChI=1S/C15H23N3O3S/c1-11-7-8-13(17-16-11)22(20)12-6-5-9-18(10-12)14(19)21-15(2,3)4/h7-8,12H,5-6,9-10H2,1-4H3/t12-,22-/m1/s1. The largest absolute Gasteiger partial charge is 0.444 e. The van der Waals surface area contributed by atoms with Crippen molar-refractivity contribution in [1.29, 1.82) is 0 Å². The molecule has 0 bridgehead atoms. The number of hydrogen-bond donors (Lipinski definition) is 0. The zero-order chi connectivity index (χ0) is 16.3. The number of aryl methyl sites for hydroxylation is 1. The number of carbonyl (C=O) groups is 1. The first-order chi connectivity index (χ1) is 10.3. The van der Waals surface area contributed by atoms with E-state index in [0.717, 1.165) is 18.5 Å². The summed E-state index contributed by atoms with van der Waals surface area (Å²) in [6, 6.07) is 3.54. The molecule has 1 fully saturated rings. The van der Waals surface area contributed by atoms with Crippen molar-refractivity contribution in [2.45, 2.75) is 56.4 Å². The van der Waals surface area contributed by atoms with Crippen molar-refractivity contribution < 1.29 is 13.7 Å². The van der Waals surface area contributed by atoms with Crippen LogP contribution in [0, 0.1) is 6.92 Å². The van der Waals surface area contributed by atoms with Crippen molar-refractivity contribution >= 4 is 16.9 Å². The first-order valence-corrected chi connectivity index (χ1v) is 8.66. The highest BCUT2D eigenvalue weighted by molar-refractivity contribution is 7.85. The molecule has 7 heteroatoms. The first-order valence-electron chi connectivity index (χ1n) is 7.45. The summed E-state index contributed by atoms with van der Waals surface area (Å²) in [6.07, 6.45) is 1.28. The monoisotopic (exact) mass is 325 g/mol. The lowest BCUT2D eigenvalue weighted by atomic mass is 10.1. The van der Waals surface area contributed by atoms with Gasteiger partial charge in [0, 0.05) is 13.1 Å². The third-order valence-electron chi connectivity index (χ3n) is 3.31. The number of carbonyl (C=O) groups excluding carboxylic acids is 1. The maximum atomic E-state index is 12.6. The number of amides is 1. The second-order valence-electron chi connectivity index (χ2n) is 6.50. The molecule has 0 aromatic carbocycles. The van der Waals surface area contributed by atoms with Gasteiger partial charge in [0.1, 0.15) is 10.6 Å². The minimum atomic E-state index is -1.26. The van der Waals surface area contributed by atoms with Crippen LogP contribution in [0.25, 0.3) is 0 Å². The Morgan fingerprint density at radius 2 is 2.09 bits per heavy atom. The van der Waals surface area contributed by atoms with Crippen LogP contribution >= 0.6 is 0 Å². The Bertz CT molecular complexity index is 554. The summed E-state index contributed by atoms with van der Waals surface area (Å²) in [6.45, 7) is 8.43. The zero-order valence-corrected chi connectivity index (χ0v) is 14.4. The summed E-state index contributed by atoms with van der Waals surface area (Å²) < 4.78 is 18.0. The molecule has 0 aliphatic carbocycles. The van der Waals surface area contributed by atoms with E-state index in [1.54, 1.807) is 17.0 Å². The van der Waals surface area contributed by atoms with Gasteiger partial charge in [0.15, 0.2) is 0 Å². The molecular formula is C15H23N3O3S. The number of aromatic nitrogens is 2. The Morgan fingerprint density at radius 1 is 1.36 bits per heavy atom. The maximum absolute atomic E-state index is 12.6. The fraction of sp³-hybridized carbons (Fsp3) is 0.667. The van der Waals surface area contributed by atoms with Gasteiger partial charge in [0.25, 0.3) is 0 Å². The fourth-order valence-electron chi connectivity index (χ4n) is 2.27. The second kappa shape index (κ2) is 6.73. The van der Waals surface area contributed by atoms with E-state index in [1.807, 2.05) is 27.7 Å². The highest BCUT2D eigenvalue weighted by atomic mass is 32.2. The van der Waals surface area contributed by atoms with Crippen molar-refractivity contribution in [1.82, 2.24) is 15.1 Å². The molecule has 122 valence electrons. The van der Waals surface area contributed by atoms with Crippen LogP contribution < -0.4 is 0 Å². The summed E-state index contributed by atoms with van der Waals surface area (Å²) >= 11 is 0. The van der Waals surface area contributed by atoms with Gasteiger partial charge in [-0.25, -0.2) is 4.79 Å². The van der Waals surface area contributed by atoms with Crippen LogP contribution in [0.3, 0.4) is 0 Å². The van der Waals surface area contributed by atoms with Crippen LogP contribution in [0.4, 0.5) is 4.79 Å². The number of piperidine rings is 1. The molecule has 0 unspecified atom stereocenters. The molecule has 1 aliphatic rings. The van der Waals surface area contributed by atoms with Gasteiger partial charge >= 0.3 is 6.09 Å². The van der Waals surface area contributed by atoms with Crippen molar-refractivity contribution in [3.05, 3.63) is 17.8 Å². The van der Waals surface area contributed by atoms with Crippen LogP contribution in [0.15, 0.2) is 17.2 Å². The fourth-order valence-corrected chi connectivity index (χ4v) is 3.63. The van der Waals surface area contributed by atoms with Gasteiger partial charge in [-0.05, 0) is 52.7 Å². The average molecular weight is 325 g/mol. The van der Waals surface area contributed by atoms with E-state index in [1.165, 1.54) is 0 Å². The molecule has 2 rings (SSSR count). The van der Waals surface area contributed by atoms with Gasteiger partial charge < -0.3 is 9.64 Å². The Kier molecular flexibility index (Phi) is 5.16. The van der Waals surface area contributed by atoms with Crippen LogP contribution in [0.2, 0.25) is 0 Å². The van der Waals surface area contributed by atoms with Gasteiger partial charge in [-0.1, -0.05) is 0 Å². The lowest BCUT2D eigenvalue weighted by molar-refractivity contribution is 0.0219. The molecule has 0 N–H and O–H groups in total.